The summed E-state index contributed by atoms with van der Waals surface area (Å²) in [5, 5.41) is 2.74. The molecule has 0 bridgehead atoms. The van der Waals surface area contributed by atoms with E-state index in [2.05, 4.69) is 5.32 Å². The first kappa shape index (κ1) is 15.0. The molecule has 0 atom stereocenters. The van der Waals surface area contributed by atoms with Gasteiger partial charge in [0.05, 0.1) is 5.69 Å². The highest BCUT2D eigenvalue weighted by atomic mass is 16.5. The monoisotopic (exact) mass is 264 g/mol. The van der Waals surface area contributed by atoms with Crippen molar-refractivity contribution in [3.63, 3.8) is 0 Å². The number of carbonyl (C=O) groups is 2. The highest BCUT2D eigenvalue weighted by Crippen LogP contribution is 2.22. The van der Waals surface area contributed by atoms with E-state index >= 15 is 0 Å². The molecule has 0 aliphatic rings. The third-order valence-electron chi connectivity index (χ3n) is 2.48. The Hall–Kier alpha value is -2.04. The summed E-state index contributed by atoms with van der Waals surface area (Å²) in [7, 11) is 0. The van der Waals surface area contributed by atoms with Gasteiger partial charge in [0.1, 0.15) is 5.75 Å². The molecule has 5 heteroatoms. The van der Waals surface area contributed by atoms with Crippen molar-refractivity contribution in [2.24, 2.45) is 5.92 Å². The first-order chi connectivity index (χ1) is 8.90. The van der Waals surface area contributed by atoms with Crippen molar-refractivity contribution in [3.8, 4) is 5.75 Å². The molecule has 1 aromatic carbocycles. The normalized spacial score (nSPS) is 10.3. The summed E-state index contributed by atoms with van der Waals surface area (Å²) in [6.07, 6.45) is 0. The summed E-state index contributed by atoms with van der Waals surface area (Å²) >= 11 is 0. The zero-order chi connectivity index (χ0) is 14.4. The number of Topliss-reactive ketones (excluding diaryl/α,β-unsaturated/α-hetero) is 1. The highest BCUT2D eigenvalue weighted by molar-refractivity contribution is 5.95. The number of carbonyl (C=O) groups excluding carboxylic acids is 2. The van der Waals surface area contributed by atoms with E-state index in [1.54, 1.807) is 18.2 Å². The van der Waals surface area contributed by atoms with E-state index < -0.39 is 0 Å². The Morgan fingerprint density at radius 2 is 2.05 bits per heavy atom. The second kappa shape index (κ2) is 6.78. The predicted octanol–water partition coefficient (Wildman–Crippen LogP) is 1.62. The van der Waals surface area contributed by atoms with Crippen LogP contribution in [0.4, 0.5) is 5.69 Å². The number of nitrogens with one attached hydrogen (secondary N) is 1. The number of ether oxygens (including phenoxy) is 1. The highest BCUT2D eigenvalue weighted by Gasteiger charge is 2.08. The molecule has 0 unspecified atom stereocenters. The second-order valence-corrected chi connectivity index (χ2v) is 4.80. The first-order valence-electron chi connectivity index (χ1n) is 6.20. The van der Waals surface area contributed by atoms with Crippen molar-refractivity contribution in [2.75, 3.05) is 18.9 Å². The molecule has 19 heavy (non-hydrogen) atoms. The van der Waals surface area contributed by atoms with Gasteiger partial charge in [-0.25, -0.2) is 0 Å². The van der Waals surface area contributed by atoms with E-state index in [1.165, 1.54) is 6.92 Å². The van der Waals surface area contributed by atoms with Crippen LogP contribution < -0.4 is 15.8 Å². The van der Waals surface area contributed by atoms with E-state index in [4.69, 9.17) is 10.5 Å². The van der Waals surface area contributed by atoms with Gasteiger partial charge in [0, 0.05) is 12.1 Å². The molecule has 5 nitrogen and oxygen atoms in total. The van der Waals surface area contributed by atoms with Crippen molar-refractivity contribution >= 4 is 17.4 Å². The summed E-state index contributed by atoms with van der Waals surface area (Å²) in [5.41, 5.74) is 6.63. The van der Waals surface area contributed by atoms with Gasteiger partial charge in [0.15, 0.2) is 12.4 Å². The number of rotatable bonds is 6. The second-order valence-electron chi connectivity index (χ2n) is 4.80. The average molecular weight is 264 g/mol. The van der Waals surface area contributed by atoms with Gasteiger partial charge in [-0.1, -0.05) is 13.8 Å². The van der Waals surface area contributed by atoms with Crippen molar-refractivity contribution < 1.29 is 14.3 Å². The van der Waals surface area contributed by atoms with Gasteiger partial charge in [-0.2, -0.15) is 0 Å². The van der Waals surface area contributed by atoms with E-state index in [1.807, 2.05) is 13.8 Å². The number of hydrogen-bond acceptors (Lipinski definition) is 4. The lowest BCUT2D eigenvalue weighted by Gasteiger charge is -2.11. The predicted molar refractivity (Wildman–Crippen MR) is 74.2 cm³/mol. The fraction of sp³-hybridized carbons (Fsp3) is 0.429. The molecule has 0 heterocycles. The summed E-state index contributed by atoms with van der Waals surface area (Å²) in [6, 6.07) is 4.77. The van der Waals surface area contributed by atoms with E-state index in [0.29, 0.717) is 29.5 Å². The van der Waals surface area contributed by atoms with Crippen molar-refractivity contribution in [1.82, 2.24) is 5.32 Å². The summed E-state index contributed by atoms with van der Waals surface area (Å²) in [4.78, 5) is 22.6. The van der Waals surface area contributed by atoms with Crippen LogP contribution in [0.15, 0.2) is 18.2 Å². The number of benzene rings is 1. The minimum Gasteiger partial charge on any atom is -0.482 e. The van der Waals surface area contributed by atoms with Gasteiger partial charge >= 0.3 is 0 Å². The first-order valence-corrected chi connectivity index (χ1v) is 6.20. The minimum absolute atomic E-state index is 0.0621. The molecular weight excluding hydrogens is 244 g/mol. The molecule has 1 amide bonds. The molecule has 0 spiro atoms. The number of hydrogen-bond donors (Lipinski definition) is 2. The Balaban J connectivity index is 2.54. The minimum atomic E-state index is -0.191. The maximum absolute atomic E-state index is 11.5. The van der Waals surface area contributed by atoms with Crippen molar-refractivity contribution in [3.05, 3.63) is 23.8 Å². The third-order valence-corrected chi connectivity index (χ3v) is 2.48. The Bertz CT molecular complexity index is 470. The molecule has 0 saturated carbocycles. The molecule has 1 rings (SSSR count). The Morgan fingerprint density at radius 3 is 2.58 bits per heavy atom. The number of anilines is 1. The lowest BCUT2D eigenvalue weighted by Crippen LogP contribution is -2.31. The van der Waals surface area contributed by atoms with Gasteiger partial charge in [0.2, 0.25) is 0 Å². The SMILES string of the molecule is CC(=O)c1ccc(OCC(=O)NCC(C)C)c(N)c1. The number of nitrogens with two attached hydrogens (primary N) is 1. The van der Waals surface area contributed by atoms with Crippen LogP contribution in [0.5, 0.6) is 5.75 Å². The lowest BCUT2D eigenvalue weighted by atomic mass is 10.1. The van der Waals surface area contributed by atoms with E-state index in [-0.39, 0.29) is 18.3 Å². The van der Waals surface area contributed by atoms with Gasteiger partial charge < -0.3 is 15.8 Å². The maximum atomic E-state index is 11.5. The van der Waals surface area contributed by atoms with Crippen LogP contribution in [0.25, 0.3) is 0 Å². The smallest absolute Gasteiger partial charge is 0.257 e. The van der Waals surface area contributed by atoms with E-state index in [9.17, 15) is 9.59 Å². The Kier molecular flexibility index (Phi) is 5.36. The van der Waals surface area contributed by atoms with Crippen LogP contribution in [0.3, 0.4) is 0 Å². The van der Waals surface area contributed by atoms with Crippen molar-refractivity contribution in [1.29, 1.82) is 0 Å². The summed E-state index contributed by atoms with van der Waals surface area (Å²) in [5.74, 6) is 0.547. The maximum Gasteiger partial charge on any atom is 0.257 e. The fourth-order valence-corrected chi connectivity index (χ4v) is 1.41. The zero-order valence-corrected chi connectivity index (χ0v) is 11.5. The van der Waals surface area contributed by atoms with Crippen LogP contribution >= 0.6 is 0 Å². The fourth-order valence-electron chi connectivity index (χ4n) is 1.41. The quantitative estimate of drug-likeness (QED) is 0.604. The summed E-state index contributed by atoms with van der Waals surface area (Å²) in [6.45, 7) is 6.02. The van der Waals surface area contributed by atoms with Crippen molar-refractivity contribution in [2.45, 2.75) is 20.8 Å². The molecule has 0 aliphatic carbocycles. The Labute approximate surface area is 113 Å². The number of amides is 1. The molecule has 0 radical (unpaired) electrons. The molecule has 104 valence electrons. The average Bonchev–Trinajstić information content (AvgIpc) is 2.34. The largest absolute Gasteiger partial charge is 0.482 e. The van der Waals surface area contributed by atoms with Crippen LogP contribution in [0.2, 0.25) is 0 Å². The Morgan fingerprint density at radius 1 is 1.37 bits per heavy atom. The third kappa shape index (κ3) is 4.99. The zero-order valence-electron chi connectivity index (χ0n) is 11.5. The molecule has 0 fully saturated rings. The van der Waals surface area contributed by atoms with Crippen LogP contribution in [-0.2, 0) is 4.79 Å². The molecular formula is C14H20N2O3. The van der Waals surface area contributed by atoms with E-state index in [0.717, 1.165) is 0 Å². The molecule has 0 saturated heterocycles. The standard InChI is InChI=1S/C14H20N2O3/c1-9(2)7-16-14(18)8-19-13-5-4-11(10(3)17)6-12(13)15/h4-6,9H,7-8,15H2,1-3H3,(H,16,18). The number of nitrogen functional groups attached to an aromatic ring is 1. The molecule has 0 aromatic heterocycles. The lowest BCUT2D eigenvalue weighted by molar-refractivity contribution is -0.123. The number of ketones is 1. The molecule has 0 aliphatic heterocycles. The van der Waals surface area contributed by atoms with Gasteiger partial charge in [-0.15, -0.1) is 0 Å². The topological polar surface area (TPSA) is 81.4 Å². The van der Waals surface area contributed by atoms with Crippen LogP contribution in [-0.4, -0.2) is 24.8 Å². The van der Waals surface area contributed by atoms with Gasteiger partial charge in [-0.3, -0.25) is 9.59 Å². The van der Waals surface area contributed by atoms with Crippen LogP contribution in [0, 0.1) is 5.92 Å². The van der Waals surface area contributed by atoms with Crippen LogP contribution in [0.1, 0.15) is 31.1 Å². The van der Waals surface area contributed by atoms with Gasteiger partial charge in [0.25, 0.3) is 5.91 Å². The summed E-state index contributed by atoms with van der Waals surface area (Å²) < 4.78 is 5.32. The molecule has 1 aromatic rings. The van der Waals surface area contributed by atoms with Gasteiger partial charge in [-0.05, 0) is 31.0 Å². The molecule has 3 N–H and O–H groups in total.